The molecule has 0 saturated carbocycles. The third-order valence-corrected chi connectivity index (χ3v) is 4.48. The second kappa shape index (κ2) is 6.29. The van der Waals surface area contributed by atoms with Crippen LogP contribution in [0.2, 0.25) is 0 Å². The van der Waals surface area contributed by atoms with Gasteiger partial charge in [-0.2, -0.15) is 13.2 Å². The van der Waals surface area contributed by atoms with Crippen LogP contribution in [-0.2, 0) is 10.9 Å². The first kappa shape index (κ1) is 18.8. The quantitative estimate of drug-likeness (QED) is 0.757. The van der Waals surface area contributed by atoms with E-state index in [1.54, 1.807) is 25.7 Å². The van der Waals surface area contributed by atoms with Gasteiger partial charge in [-0.25, -0.2) is 9.78 Å². The van der Waals surface area contributed by atoms with Crippen LogP contribution >= 0.6 is 0 Å². The largest absolute Gasteiger partial charge is 0.444 e. The zero-order chi connectivity index (χ0) is 19.3. The summed E-state index contributed by atoms with van der Waals surface area (Å²) in [6, 6.07) is 0.742. The Morgan fingerprint density at radius 2 is 2.00 bits per heavy atom. The van der Waals surface area contributed by atoms with Gasteiger partial charge in [-0.15, -0.1) is 0 Å². The molecule has 3 heterocycles. The number of aromatic nitrogens is 1. The van der Waals surface area contributed by atoms with E-state index >= 15 is 0 Å². The molecule has 1 aromatic rings. The number of fused-ring (bicyclic) bond motifs is 3. The van der Waals surface area contributed by atoms with E-state index in [1.807, 2.05) is 4.90 Å². The van der Waals surface area contributed by atoms with Gasteiger partial charge < -0.3 is 19.6 Å². The van der Waals surface area contributed by atoms with E-state index in [4.69, 9.17) is 4.74 Å². The number of carbonyl (C=O) groups excluding carboxylic acids is 1. The van der Waals surface area contributed by atoms with Crippen LogP contribution in [0.5, 0.6) is 0 Å². The number of pyridine rings is 1. The van der Waals surface area contributed by atoms with Crippen LogP contribution in [0.4, 0.5) is 23.8 Å². The van der Waals surface area contributed by atoms with Crippen LogP contribution in [0.15, 0.2) is 12.3 Å². The van der Waals surface area contributed by atoms with Crippen LogP contribution in [-0.4, -0.2) is 52.4 Å². The number of hydrogen-bond acceptors (Lipinski definition) is 5. The second-order valence-electron chi connectivity index (χ2n) is 7.66. The molecule has 2 aliphatic rings. The first-order chi connectivity index (χ1) is 12.0. The average molecular weight is 373 g/mol. The molecule has 6 nitrogen and oxygen atoms in total. The highest BCUT2D eigenvalue weighted by molar-refractivity contribution is 5.69. The number of carbonyl (C=O) groups is 1. The van der Waals surface area contributed by atoms with E-state index in [1.165, 1.54) is 0 Å². The summed E-state index contributed by atoms with van der Waals surface area (Å²) in [5.74, 6) is 0.352. The number of halogens is 3. The van der Waals surface area contributed by atoms with Crippen LogP contribution in [0.1, 0.15) is 44.4 Å². The summed E-state index contributed by atoms with van der Waals surface area (Å²) in [4.78, 5) is 19.6. The number of hydrogen-bond donors (Lipinski definition) is 1. The van der Waals surface area contributed by atoms with Gasteiger partial charge >= 0.3 is 12.3 Å². The predicted octanol–water partition coefficient (Wildman–Crippen LogP) is 2.96. The fourth-order valence-electron chi connectivity index (χ4n) is 3.33. The topological polar surface area (TPSA) is 65.9 Å². The lowest BCUT2D eigenvalue weighted by Gasteiger charge is -2.46. The van der Waals surface area contributed by atoms with Gasteiger partial charge in [-0.05, 0) is 33.3 Å². The molecule has 2 atom stereocenters. The van der Waals surface area contributed by atoms with Crippen molar-refractivity contribution in [2.75, 3.05) is 24.5 Å². The summed E-state index contributed by atoms with van der Waals surface area (Å²) in [5, 5.41) is 10.3. The van der Waals surface area contributed by atoms with Crippen molar-refractivity contribution < 1.29 is 27.8 Å². The molecule has 3 rings (SSSR count). The lowest BCUT2D eigenvalue weighted by Crippen LogP contribution is -2.57. The van der Waals surface area contributed by atoms with Crippen molar-refractivity contribution in [2.24, 2.45) is 0 Å². The molecular formula is C17H22F3N3O3. The van der Waals surface area contributed by atoms with Gasteiger partial charge in [0.05, 0.1) is 17.7 Å². The third-order valence-electron chi connectivity index (χ3n) is 4.48. The maximum Gasteiger partial charge on any atom is 0.417 e. The fourth-order valence-corrected chi connectivity index (χ4v) is 3.33. The van der Waals surface area contributed by atoms with Crippen LogP contribution in [0, 0.1) is 0 Å². The summed E-state index contributed by atoms with van der Waals surface area (Å²) in [6.45, 7) is 6.47. The second-order valence-corrected chi connectivity index (χ2v) is 7.66. The minimum atomic E-state index is -4.51. The van der Waals surface area contributed by atoms with Crippen molar-refractivity contribution in [3.8, 4) is 0 Å². The van der Waals surface area contributed by atoms with Gasteiger partial charge in [0.25, 0.3) is 0 Å². The monoisotopic (exact) mass is 373 g/mol. The molecule has 1 fully saturated rings. The number of alkyl halides is 3. The van der Waals surface area contributed by atoms with Gasteiger partial charge in [-0.1, -0.05) is 0 Å². The number of amides is 1. The summed E-state index contributed by atoms with van der Waals surface area (Å²) in [7, 11) is 0. The van der Waals surface area contributed by atoms with E-state index in [0.29, 0.717) is 25.5 Å². The Morgan fingerprint density at radius 1 is 1.31 bits per heavy atom. The molecule has 26 heavy (non-hydrogen) atoms. The van der Waals surface area contributed by atoms with Crippen LogP contribution in [0.3, 0.4) is 0 Å². The highest BCUT2D eigenvalue weighted by Gasteiger charge is 2.40. The molecule has 0 spiro atoms. The van der Waals surface area contributed by atoms with Crippen LogP contribution in [0.25, 0.3) is 0 Å². The smallest absolute Gasteiger partial charge is 0.417 e. The molecule has 0 bridgehead atoms. The molecule has 1 amide bonds. The van der Waals surface area contributed by atoms with Crippen molar-refractivity contribution in [3.05, 3.63) is 23.4 Å². The zero-order valence-electron chi connectivity index (χ0n) is 14.9. The lowest BCUT2D eigenvalue weighted by molar-refractivity contribution is -0.137. The summed E-state index contributed by atoms with van der Waals surface area (Å²) in [5.41, 5.74) is -1.30. The van der Waals surface area contributed by atoms with Crippen molar-refractivity contribution in [2.45, 2.75) is 51.1 Å². The lowest BCUT2D eigenvalue weighted by atomic mass is 9.93. The molecule has 0 aliphatic carbocycles. The maximum absolute atomic E-state index is 12.9. The number of nitrogens with zero attached hydrogens (tertiary/aromatic N) is 3. The van der Waals surface area contributed by atoms with E-state index in [0.717, 1.165) is 12.3 Å². The SMILES string of the molecule is CC(C)(C)OC(=O)N1CCN2c3ncc(C(F)(F)F)cc3C(O)CC2C1. The fraction of sp³-hybridized carbons (Fsp3) is 0.647. The molecule has 1 aromatic heterocycles. The van der Waals surface area contributed by atoms with Crippen molar-refractivity contribution >= 4 is 11.9 Å². The Morgan fingerprint density at radius 3 is 2.62 bits per heavy atom. The molecule has 2 aliphatic heterocycles. The third kappa shape index (κ3) is 3.72. The molecule has 1 N–H and O–H groups in total. The number of piperazine rings is 1. The number of aliphatic hydroxyl groups excluding tert-OH is 1. The Balaban J connectivity index is 1.80. The zero-order valence-corrected chi connectivity index (χ0v) is 14.9. The first-order valence-electron chi connectivity index (χ1n) is 8.45. The summed E-state index contributed by atoms with van der Waals surface area (Å²) in [6.07, 6.45) is -4.98. The van der Waals surface area contributed by atoms with Crippen molar-refractivity contribution in [1.82, 2.24) is 9.88 Å². The number of ether oxygens (including phenoxy) is 1. The van der Waals surface area contributed by atoms with Gasteiger partial charge in [0.15, 0.2) is 0 Å². The number of aliphatic hydroxyl groups is 1. The highest BCUT2D eigenvalue weighted by atomic mass is 19.4. The highest BCUT2D eigenvalue weighted by Crippen LogP contribution is 2.40. The van der Waals surface area contributed by atoms with Gasteiger partial charge in [0.1, 0.15) is 11.4 Å². The minimum absolute atomic E-state index is 0.182. The molecule has 2 unspecified atom stereocenters. The minimum Gasteiger partial charge on any atom is -0.444 e. The molecule has 0 aromatic carbocycles. The van der Waals surface area contributed by atoms with Gasteiger partial charge in [0.2, 0.25) is 0 Å². The molecule has 144 valence electrons. The standard InChI is InChI=1S/C17H22F3N3O3/c1-16(2,3)26-15(25)22-4-5-23-11(9-22)7-13(24)12-6-10(17(18,19)20)8-21-14(12)23/h6,8,11,13,24H,4-5,7,9H2,1-3H3. The van der Waals surface area contributed by atoms with Crippen molar-refractivity contribution in [1.29, 1.82) is 0 Å². The molecule has 9 heteroatoms. The van der Waals surface area contributed by atoms with Gasteiger partial charge in [0, 0.05) is 31.4 Å². The molecular weight excluding hydrogens is 351 g/mol. The van der Waals surface area contributed by atoms with Gasteiger partial charge in [-0.3, -0.25) is 0 Å². The van der Waals surface area contributed by atoms with Crippen molar-refractivity contribution in [3.63, 3.8) is 0 Å². The number of rotatable bonds is 0. The molecule has 0 radical (unpaired) electrons. The van der Waals surface area contributed by atoms with E-state index in [-0.39, 0.29) is 18.0 Å². The van der Waals surface area contributed by atoms with Crippen LogP contribution < -0.4 is 4.90 Å². The Hall–Kier alpha value is -2.03. The normalized spacial score (nSPS) is 23.3. The van der Waals surface area contributed by atoms with E-state index in [2.05, 4.69) is 4.98 Å². The Kier molecular flexibility index (Phi) is 4.54. The van der Waals surface area contributed by atoms with E-state index in [9.17, 15) is 23.1 Å². The predicted molar refractivity (Wildman–Crippen MR) is 87.8 cm³/mol. The summed E-state index contributed by atoms with van der Waals surface area (Å²) >= 11 is 0. The number of anilines is 1. The maximum atomic E-state index is 12.9. The first-order valence-corrected chi connectivity index (χ1v) is 8.45. The average Bonchev–Trinajstić information content (AvgIpc) is 2.51. The molecule has 1 saturated heterocycles. The Bertz CT molecular complexity index is 703. The Labute approximate surface area is 149 Å². The van der Waals surface area contributed by atoms with E-state index < -0.39 is 29.5 Å². The summed E-state index contributed by atoms with van der Waals surface area (Å²) < 4.78 is 44.1.